The molecule has 0 saturated heterocycles. The molecule has 0 bridgehead atoms. The molecule has 3 rings (SSSR count). The van der Waals surface area contributed by atoms with E-state index in [-0.39, 0.29) is 36.1 Å². The van der Waals surface area contributed by atoms with Crippen molar-refractivity contribution in [1.29, 1.82) is 0 Å². The Hall–Kier alpha value is -2.70. The number of benzene rings is 2. The summed E-state index contributed by atoms with van der Waals surface area (Å²) in [6.07, 6.45) is 5.16. The second kappa shape index (κ2) is 13.9. The standard InChI is InChI=1S/C32H46N2O4/c1-5-28(35)30(32(2,3)4)33-29(36)22-27(26-15-9-10-16-26)31(37)34(38)21-11-12-23-17-19-25(20-18-23)24-13-7-6-8-14-24/h6-8,13-14,17-20,26-28,30,35,38H,5,9-12,15-16,21-22H2,1-4H3,(H,33,36)/t27-,28-,30+/m0/s1. The van der Waals surface area contributed by atoms with Crippen molar-refractivity contribution in [2.45, 2.75) is 91.2 Å². The Labute approximate surface area is 228 Å². The molecule has 0 radical (unpaired) electrons. The maximum atomic E-state index is 13.3. The zero-order valence-electron chi connectivity index (χ0n) is 23.5. The summed E-state index contributed by atoms with van der Waals surface area (Å²) in [6, 6.07) is 18.2. The number of hydrogen-bond donors (Lipinski definition) is 3. The van der Waals surface area contributed by atoms with Gasteiger partial charge in [0.15, 0.2) is 0 Å². The Kier molecular flexibility index (Phi) is 10.9. The lowest BCUT2D eigenvalue weighted by atomic mass is 9.81. The highest BCUT2D eigenvalue weighted by atomic mass is 16.5. The topological polar surface area (TPSA) is 89.9 Å². The first kappa shape index (κ1) is 29.9. The van der Waals surface area contributed by atoms with Gasteiger partial charge >= 0.3 is 0 Å². The van der Waals surface area contributed by atoms with Crippen LogP contribution >= 0.6 is 0 Å². The maximum Gasteiger partial charge on any atom is 0.249 e. The average molecular weight is 523 g/mol. The summed E-state index contributed by atoms with van der Waals surface area (Å²) in [5.74, 6) is -1.06. The number of nitrogens with one attached hydrogen (secondary N) is 1. The van der Waals surface area contributed by atoms with E-state index in [0.717, 1.165) is 48.3 Å². The average Bonchev–Trinajstić information content (AvgIpc) is 3.44. The quantitative estimate of drug-likeness (QED) is 0.235. The highest BCUT2D eigenvalue weighted by molar-refractivity contribution is 5.85. The molecule has 6 heteroatoms. The van der Waals surface area contributed by atoms with Gasteiger partial charge < -0.3 is 10.4 Å². The predicted molar refractivity (Wildman–Crippen MR) is 151 cm³/mol. The van der Waals surface area contributed by atoms with E-state index in [1.807, 2.05) is 45.9 Å². The number of aryl methyl sites for hydroxylation is 1. The molecular formula is C32H46N2O4. The molecule has 0 heterocycles. The van der Waals surface area contributed by atoms with E-state index >= 15 is 0 Å². The van der Waals surface area contributed by atoms with E-state index in [9.17, 15) is 19.9 Å². The lowest BCUT2D eigenvalue weighted by molar-refractivity contribution is -0.173. The summed E-state index contributed by atoms with van der Waals surface area (Å²) in [7, 11) is 0. The number of aliphatic hydroxyl groups excluding tert-OH is 1. The highest BCUT2D eigenvalue weighted by Gasteiger charge is 2.37. The third-order valence-electron chi connectivity index (χ3n) is 7.89. The number of rotatable bonds is 12. The van der Waals surface area contributed by atoms with E-state index < -0.39 is 18.1 Å². The second-order valence-corrected chi connectivity index (χ2v) is 11.9. The Bertz CT molecular complexity index is 1010. The van der Waals surface area contributed by atoms with Crippen molar-refractivity contribution in [3.63, 3.8) is 0 Å². The van der Waals surface area contributed by atoms with Gasteiger partial charge in [0.05, 0.1) is 18.1 Å². The van der Waals surface area contributed by atoms with Crippen LogP contribution in [0, 0.1) is 17.3 Å². The third kappa shape index (κ3) is 8.40. The second-order valence-electron chi connectivity index (χ2n) is 11.9. The lowest BCUT2D eigenvalue weighted by Crippen LogP contribution is -2.52. The van der Waals surface area contributed by atoms with E-state index in [4.69, 9.17) is 0 Å². The normalized spacial score (nSPS) is 16.6. The highest BCUT2D eigenvalue weighted by Crippen LogP contribution is 2.34. The summed E-state index contributed by atoms with van der Waals surface area (Å²) >= 11 is 0. The number of nitrogens with zero attached hydrogens (tertiary/aromatic N) is 1. The van der Waals surface area contributed by atoms with E-state index in [2.05, 4.69) is 41.7 Å². The predicted octanol–water partition coefficient (Wildman–Crippen LogP) is 6.00. The molecule has 1 saturated carbocycles. The minimum atomic E-state index is -0.657. The number of hydrogen-bond acceptors (Lipinski definition) is 4. The molecule has 0 unspecified atom stereocenters. The molecule has 1 fully saturated rings. The Morgan fingerprint density at radius 1 is 1.00 bits per heavy atom. The van der Waals surface area contributed by atoms with Crippen LogP contribution in [-0.2, 0) is 16.0 Å². The molecule has 2 aromatic rings. The zero-order chi connectivity index (χ0) is 27.7. The molecule has 0 aromatic heterocycles. The van der Waals surface area contributed by atoms with Gasteiger partial charge in [-0.05, 0) is 60.1 Å². The first-order chi connectivity index (χ1) is 18.1. The first-order valence-corrected chi connectivity index (χ1v) is 14.2. The van der Waals surface area contributed by atoms with Crippen LogP contribution in [0.2, 0.25) is 0 Å². The SMILES string of the molecule is CC[C@H](O)[C@@H](NC(=O)C[C@H](C(=O)N(O)CCCc1ccc(-c2ccccc2)cc1)C1CCCC1)C(C)(C)C. The molecule has 38 heavy (non-hydrogen) atoms. The number of carbonyl (C=O) groups excluding carboxylic acids is 2. The number of carbonyl (C=O) groups is 2. The summed E-state index contributed by atoms with van der Waals surface area (Å²) in [4.78, 5) is 26.4. The van der Waals surface area contributed by atoms with Gasteiger partial charge in [-0.25, -0.2) is 5.06 Å². The molecule has 3 N–H and O–H groups in total. The Balaban J connectivity index is 1.57. The minimum Gasteiger partial charge on any atom is -0.391 e. The van der Waals surface area contributed by atoms with Gasteiger partial charge in [0.25, 0.3) is 0 Å². The molecule has 2 amide bonds. The smallest absolute Gasteiger partial charge is 0.249 e. The Morgan fingerprint density at radius 2 is 1.61 bits per heavy atom. The van der Waals surface area contributed by atoms with Crippen LogP contribution < -0.4 is 5.32 Å². The van der Waals surface area contributed by atoms with Crippen LogP contribution in [-0.4, -0.2) is 45.9 Å². The van der Waals surface area contributed by atoms with Crippen molar-refractivity contribution in [2.75, 3.05) is 6.54 Å². The summed E-state index contributed by atoms with van der Waals surface area (Å²) in [5, 5.41) is 25.0. The Morgan fingerprint density at radius 3 is 2.18 bits per heavy atom. The van der Waals surface area contributed by atoms with Gasteiger partial charge in [-0.3, -0.25) is 14.8 Å². The van der Waals surface area contributed by atoms with Crippen molar-refractivity contribution in [3.05, 3.63) is 60.2 Å². The molecule has 208 valence electrons. The van der Waals surface area contributed by atoms with Crippen molar-refractivity contribution in [1.82, 2.24) is 10.4 Å². The molecule has 1 aliphatic rings. The van der Waals surface area contributed by atoms with Crippen molar-refractivity contribution in [2.24, 2.45) is 17.3 Å². The molecule has 0 aliphatic heterocycles. The van der Waals surface area contributed by atoms with Gasteiger partial charge in [0, 0.05) is 13.0 Å². The fourth-order valence-corrected chi connectivity index (χ4v) is 5.60. The van der Waals surface area contributed by atoms with E-state index in [1.54, 1.807) is 0 Å². The van der Waals surface area contributed by atoms with E-state index in [0.29, 0.717) is 12.8 Å². The number of amides is 2. The van der Waals surface area contributed by atoms with Crippen LogP contribution in [0.4, 0.5) is 0 Å². The largest absolute Gasteiger partial charge is 0.391 e. The molecule has 0 spiro atoms. The lowest BCUT2D eigenvalue weighted by Gasteiger charge is -2.35. The van der Waals surface area contributed by atoms with Crippen LogP contribution in [0.3, 0.4) is 0 Å². The molecule has 2 aromatic carbocycles. The van der Waals surface area contributed by atoms with Gasteiger partial charge in [-0.2, -0.15) is 0 Å². The van der Waals surface area contributed by atoms with Crippen LogP contribution in [0.25, 0.3) is 11.1 Å². The molecule has 6 nitrogen and oxygen atoms in total. The van der Waals surface area contributed by atoms with Crippen LogP contribution in [0.1, 0.15) is 78.2 Å². The fourth-order valence-electron chi connectivity index (χ4n) is 5.60. The van der Waals surface area contributed by atoms with Crippen molar-refractivity contribution >= 4 is 11.8 Å². The summed E-state index contributed by atoms with van der Waals surface area (Å²) < 4.78 is 0. The number of hydroxylamine groups is 2. The van der Waals surface area contributed by atoms with Gasteiger partial charge in [0.1, 0.15) is 0 Å². The zero-order valence-corrected chi connectivity index (χ0v) is 23.5. The number of aliphatic hydroxyl groups is 1. The monoisotopic (exact) mass is 522 g/mol. The molecule has 1 aliphatic carbocycles. The van der Waals surface area contributed by atoms with E-state index in [1.165, 1.54) is 5.56 Å². The fraction of sp³-hybridized carbons (Fsp3) is 0.562. The molecular weight excluding hydrogens is 476 g/mol. The summed E-state index contributed by atoms with van der Waals surface area (Å²) in [6.45, 7) is 8.08. The van der Waals surface area contributed by atoms with Gasteiger partial charge in [0.2, 0.25) is 11.8 Å². The van der Waals surface area contributed by atoms with Gasteiger partial charge in [-0.1, -0.05) is 95.1 Å². The van der Waals surface area contributed by atoms with Crippen molar-refractivity contribution in [3.8, 4) is 11.1 Å². The first-order valence-electron chi connectivity index (χ1n) is 14.2. The molecule has 3 atom stereocenters. The van der Waals surface area contributed by atoms with Crippen LogP contribution in [0.15, 0.2) is 54.6 Å². The van der Waals surface area contributed by atoms with Crippen molar-refractivity contribution < 1.29 is 19.9 Å². The third-order valence-corrected chi connectivity index (χ3v) is 7.89. The maximum absolute atomic E-state index is 13.3. The summed E-state index contributed by atoms with van der Waals surface area (Å²) in [5.41, 5.74) is 3.16. The van der Waals surface area contributed by atoms with Gasteiger partial charge in [-0.15, -0.1) is 0 Å². The van der Waals surface area contributed by atoms with Crippen LogP contribution in [0.5, 0.6) is 0 Å². The minimum absolute atomic E-state index is 0.0323.